The average Bonchev–Trinajstić information content (AvgIpc) is 3.35. The van der Waals surface area contributed by atoms with Crippen LogP contribution in [-0.2, 0) is 47.9 Å². The van der Waals surface area contributed by atoms with Gasteiger partial charge in [0.05, 0.1) is 25.2 Å². The first kappa shape index (κ1) is 67.6. The molecule has 73 heavy (non-hydrogen) atoms. The van der Waals surface area contributed by atoms with Crippen molar-refractivity contribution in [2.24, 2.45) is 17.8 Å². The van der Waals surface area contributed by atoms with Gasteiger partial charge in [0.25, 0.3) is 0 Å². The third kappa shape index (κ3) is 28.6. The summed E-state index contributed by atoms with van der Waals surface area (Å²) in [5.41, 5.74) is 0. The number of carbonyl (C=O) groups excluding carboxylic acids is 2. The normalized spacial score (nSPS) is 26.3. The van der Waals surface area contributed by atoms with Crippen LogP contribution in [0, 0.1) is 17.8 Å². The highest BCUT2D eigenvalue weighted by atomic mass is 32.3. The average molecular weight is 1070 g/mol. The molecule has 2 aliphatic rings. The molecule has 14 unspecified atom stereocenters. The number of aliphatic hydroxyl groups excluding tert-OH is 6. The zero-order valence-electron chi connectivity index (χ0n) is 45.7. The molecule has 2 fully saturated rings. The number of hydrogen-bond acceptors (Lipinski definition) is 16. The molecule has 0 bridgehead atoms. The molecule has 0 aromatic carbocycles. The van der Waals surface area contributed by atoms with Gasteiger partial charge in [0.15, 0.2) is 24.6 Å². The van der Waals surface area contributed by atoms with Crippen LogP contribution in [0.2, 0.25) is 0 Å². The minimum Gasteiger partial charge on any atom is -0.455 e. The summed E-state index contributed by atoms with van der Waals surface area (Å²) in [6.07, 6.45) is 15.9. The highest BCUT2D eigenvalue weighted by Crippen LogP contribution is 2.34. The van der Waals surface area contributed by atoms with Crippen LogP contribution in [0.5, 0.6) is 0 Å². The summed E-state index contributed by atoms with van der Waals surface area (Å²) in [5.74, 6) is -2.31. The van der Waals surface area contributed by atoms with Crippen LogP contribution >= 0.6 is 0 Å². The topological polar surface area (TPSA) is 265 Å². The second-order valence-corrected chi connectivity index (χ2v) is 22.7. The molecule has 2 heterocycles. The number of ether oxygens (including phenoxy) is 5. The summed E-state index contributed by atoms with van der Waals surface area (Å²) in [4.78, 5) is 27.4. The van der Waals surface area contributed by atoms with Crippen molar-refractivity contribution < 1.29 is 81.1 Å². The van der Waals surface area contributed by atoms with E-state index < -0.39 is 109 Å². The van der Waals surface area contributed by atoms with Crippen LogP contribution in [0.15, 0.2) is 0 Å². The van der Waals surface area contributed by atoms with Gasteiger partial charge in [-0.05, 0) is 37.5 Å². The van der Waals surface area contributed by atoms with Gasteiger partial charge in [-0.3, -0.25) is 14.1 Å². The third-order valence-electron chi connectivity index (χ3n) is 14.8. The van der Waals surface area contributed by atoms with Gasteiger partial charge in [0, 0.05) is 6.42 Å². The largest absolute Gasteiger partial charge is 0.455 e. The molecule has 0 aromatic rings. The Kier molecular flexibility index (Phi) is 36.8. The molecular weight excluding hydrogens is 965 g/mol. The molecule has 7 N–H and O–H groups in total. The van der Waals surface area contributed by atoms with Crippen molar-refractivity contribution in [2.45, 2.75) is 308 Å². The predicted octanol–water partition coefficient (Wildman–Crippen LogP) is 9.32. The number of esters is 2. The fourth-order valence-electron chi connectivity index (χ4n) is 10.3. The van der Waals surface area contributed by atoms with Crippen molar-refractivity contribution in [1.82, 2.24) is 0 Å². The summed E-state index contributed by atoms with van der Waals surface area (Å²) < 4.78 is 66.9. The lowest BCUT2D eigenvalue weighted by atomic mass is 9.86. The van der Waals surface area contributed by atoms with E-state index in [0.29, 0.717) is 25.7 Å². The molecule has 0 aliphatic carbocycles. The Hall–Kier alpha value is -1.55. The van der Waals surface area contributed by atoms with Gasteiger partial charge in [-0.1, -0.05) is 208 Å². The van der Waals surface area contributed by atoms with Crippen LogP contribution in [0.25, 0.3) is 0 Å². The molecule has 2 saturated heterocycles. The lowest BCUT2D eigenvalue weighted by Gasteiger charge is -2.46. The van der Waals surface area contributed by atoms with Gasteiger partial charge in [-0.15, -0.1) is 0 Å². The van der Waals surface area contributed by atoms with E-state index in [9.17, 15) is 53.2 Å². The maximum absolute atomic E-state index is 13.9. The van der Waals surface area contributed by atoms with Crippen LogP contribution in [0.4, 0.5) is 0 Å². The number of unbranched alkanes of at least 4 members (excludes halogenated alkanes) is 26. The van der Waals surface area contributed by atoms with Crippen molar-refractivity contribution in [3.63, 3.8) is 0 Å². The van der Waals surface area contributed by atoms with Crippen LogP contribution < -0.4 is 0 Å². The second-order valence-electron chi connectivity index (χ2n) is 21.7. The zero-order valence-corrected chi connectivity index (χ0v) is 46.6. The molecule has 0 aromatic heterocycles. The van der Waals surface area contributed by atoms with Crippen molar-refractivity contribution >= 4 is 22.3 Å². The number of carbonyl (C=O) groups is 2. The Labute approximate surface area is 440 Å². The molecule has 2 rings (SSSR count). The molecule has 432 valence electrons. The first-order valence-electron chi connectivity index (χ1n) is 28.9. The monoisotopic (exact) mass is 1070 g/mol. The lowest BCUT2D eigenvalue weighted by molar-refractivity contribution is -0.374. The SMILES string of the molecule is CCCCCCCCCCCCCCCCCC(=O)OC1C(OC2OC(CO)C(O)C(O)C2OS(=O)(=O)O)OC(CO)C(O)C1OC(=O)C(C)CC(C)CC(C)C(O)CCCCCCCCCCCCCCC. The molecule has 0 radical (unpaired) electrons. The molecule has 14 atom stereocenters. The van der Waals surface area contributed by atoms with E-state index in [1.165, 1.54) is 122 Å². The summed E-state index contributed by atoms with van der Waals surface area (Å²) in [7, 11) is -5.32. The fraction of sp³-hybridized carbons (Fsp3) is 0.964. The van der Waals surface area contributed by atoms with Gasteiger partial charge in [-0.2, -0.15) is 8.42 Å². The highest BCUT2D eigenvalue weighted by Gasteiger charge is 2.54. The summed E-state index contributed by atoms with van der Waals surface area (Å²) >= 11 is 0. The molecule has 17 nitrogen and oxygen atoms in total. The van der Waals surface area contributed by atoms with Crippen LogP contribution in [0.3, 0.4) is 0 Å². The summed E-state index contributed by atoms with van der Waals surface area (Å²) in [6, 6.07) is 0. The Morgan fingerprint density at radius 3 is 1.38 bits per heavy atom. The van der Waals surface area contributed by atoms with E-state index in [0.717, 1.165) is 51.4 Å². The Morgan fingerprint density at radius 2 is 0.945 bits per heavy atom. The standard InChI is InChI=1S/C55H104O17S/c1-6-8-10-12-14-16-18-20-21-23-25-27-29-31-33-35-46(59)69-52-50(48(61)45(39-57)68-55(52)71-54-51(72-73(64,65)66)49(62)47(60)44(38-56)67-54)70-53(63)42(5)37-40(3)36-41(4)43(58)34-32-30-28-26-24-22-19-17-15-13-11-9-7-2/h40-45,47-52,54-58,60-62H,6-39H2,1-5H3,(H,64,65,66). The van der Waals surface area contributed by atoms with E-state index in [1.807, 2.05) is 13.8 Å². The van der Waals surface area contributed by atoms with E-state index in [1.54, 1.807) is 6.92 Å². The molecule has 18 heteroatoms. The lowest BCUT2D eigenvalue weighted by Crippen LogP contribution is -2.65. The predicted molar refractivity (Wildman–Crippen MR) is 279 cm³/mol. The minimum atomic E-state index is -5.32. The van der Waals surface area contributed by atoms with Gasteiger partial charge in [0.2, 0.25) is 6.29 Å². The van der Waals surface area contributed by atoms with Gasteiger partial charge in [0.1, 0.15) is 30.5 Å². The molecule has 2 aliphatic heterocycles. The van der Waals surface area contributed by atoms with E-state index in [-0.39, 0.29) is 18.3 Å². The van der Waals surface area contributed by atoms with Crippen molar-refractivity contribution in [3.8, 4) is 0 Å². The molecular formula is C55H104O17S. The van der Waals surface area contributed by atoms with Crippen LogP contribution in [0.1, 0.15) is 240 Å². The number of rotatable bonds is 44. The first-order chi connectivity index (χ1) is 35.0. The van der Waals surface area contributed by atoms with Crippen molar-refractivity contribution in [1.29, 1.82) is 0 Å². The summed E-state index contributed by atoms with van der Waals surface area (Å²) in [5, 5.41) is 64.0. The Morgan fingerprint density at radius 1 is 0.534 bits per heavy atom. The second kappa shape index (κ2) is 39.8. The molecule has 0 saturated carbocycles. The zero-order chi connectivity index (χ0) is 54.0. The summed E-state index contributed by atoms with van der Waals surface area (Å²) in [6.45, 7) is 8.38. The van der Waals surface area contributed by atoms with Gasteiger partial charge >= 0.3 is 22.3 Å². The quantitative estimate of drug-likeness (QED) is 0.0170. The smallest absolute Gasteiger partial charge is 0.397 e. The van der Waals surface area contributed by atoms with E-state index in [2.05, 4.69) is 18.0 Å². The van der Waals surface area contributed by atoms with Crippen LogP contribution in [-0.4, -0.2) is 136 Å². The molecule has 0 amide bonds. The molecule has 0 spiro atoms. The number of hydrogen-bond donors (Lipinski definition) is 7. The maximum atomic E-state index is 13.9. The first-order valence-corrected chi connectivity index (χ1v) is 30.3. The number of aliphatic hydroxyl groups is 6. The van der Waals surface area contributed by atoms with E-state index >= 15 is 0 Å². The van der Waals surface area contributed by atoms with E-state index in [4.69, 9.17) is 23.7 Å². The Bertz CT molecular complexity index is 1510. The van der Waals surface area contributed by atoms with Gasteiger partial charge < -0.3 is 54.3 Å². The fourth-order valence-corrected chi connectivity index (χ4v) is 10.8. The van der Waals surface area contributed by atoms with Crippen molar-refractivity contribution in [3.05, 3.63) is 0 Å². The Balaban J connectivity index is 2.04. The van der Waals surface area contributed by atoms with Crippen molar-refractivity contribution in [2.75, 3.05) is 13.2 Å². The minimum absolute atomic E-state index is 0.0207. The maximum Gasteiger partial charge on any atom is 0.397 e. The highest BCUT2D eigenvalue weighted by molar-refractivity contribution is 7.80. The van der Waals surface area contributed by atoms with Gasteiger partial charge in [-0.25, -0.2) is 4.18 Å². The third-order valence-corrected chi connectivity index (χ3v) is 15.3.